The molecule has 3 amide bonds. The third-order valence-corrected chi connectivity index (χ3v) is 11.2. The Morgan fingerprint density at radius 2 is 1.76 bits per heavy atom. The van der Waals surface area contributed by atoms with E-state index in [-0.39, 0.29) is 37.4 Å². The third kappa shape index (κ3) is 5.07. The molecule has 3 aliphatic heterocycles. The fraction of sp³-hybridized carbons (Fsp3) is 0.424. The molecule has 3 aliphatic rings. The van der Waals surface area contributed by atoms with Crippen molar-refractivity contribution in [1.82, 2.24) is 9.80 Å². The second-order valence-electron chi connectivity index (χ2n) is 11.5. The summed E-state index contributed by atoms with van der Waals surface area (Å²) in [7, 11) is 0. The Hall–Kier alpha value is -3.07. The molecule has 2 aromatic carbocycles. The molecular weight excluding hydrogens is 570 g/mol. The minimum absolute atomic E-state index is 0.0852. The molecule has 222 valence electrons. The Labute approximate surface area is 257 Å². The molecule has 1 N–H and O–H groups in total. The highest BCUT2D eigenvalue weighted by Crippen LogP contribution is 2.71. The summed E-state index contributed by atoms with van der Waals surface area (Å²) in [5.74, 6) is -1.75. The summed E-state index contributed by atoms with van der Waals surface area (Å²) in [6, 6.07) is 16.1. The number of halogens is 1. The highest BCUT2D eigenvalue weighted by Gasteiger charge is 2.77. The van der Waals surface area contributed by atoms with Crippen molar-refractivity contribution in [3.05, 3.63) is 90.5 Å². The Morgan fingerprint density at radius 1 is 1.07 bits per heavy atom. The SMILES string of the molecule is C=CCN(Cc1ccccc1)C(=O)[C@@H]1[C@H]2C(=O)N(CCCO)C(C(=O)N(CC=C)c3ccccc3Cl)C23CC[C@@]1(C)S3. The van der Waals surface area contributed by atoms with Crippen LogP contribution in [0.1, 0.15) is 31.7 Å². The molecule has 1 spiro atoms. The van der Waals surface area contributed by atoms with Crippen molar-refractivity contribution in [1.29, 1.82) is 0 Å². The van der Waals surface area contributed by atoms with Gasteiger partial charge in [-0.1, -0.05) is 66.2 Å². The fourth-order valence-electron chi connectivity index (χ4n) is 7.21. The van der Waals surface area contributed by atoms with Gasteiger partial charge >= 0.3 is 0 Å². The number of hydrogen-bond donors (Lipinski definition) is 1. The van der Waals surface area contributed by atoms with E-state index in [1.807, 2.05) is 36.4 Å². The molecule has 3 saturated heterocycles. The smallest absolute Gasteiger partial charge is 0.251 e. The predicted octanol–water partition coefficient (Wildman–Crippen LogP) is 4.94. The molecule has 0 aromatic heterocycles. The Bertz CT molecular complexity index is 1370. The minimum Gasteiger partial charge on any atom is -0.396 e. The lowest BCUT2D eigenvalue weighted by Gasteiger charge is -2.38. The number of carbonyl (C=O) groups excluding carboxylic acids is 3. The van der Waals surface area contributed by atoms with Crippen molar-refractivity contribution in [3.63, 3.8) is 0 Å². The first-order valence-electron chi connectivity index (χ1n) is 14.4. The largest absolute Gasteiger partial charge is 0.396 e. The number of para-hydroxylation sites is 1. The lowest BCUT2D eigenvalue weighted by atomic mass is 9.66. The maximum Gasteiger partial charge on any atom is 0.251 e. The molecule has 0 aliphatic carbocycles. The molecule has 9 heteroatoms. The number of benzene rings is 2. The van der Waals surface area contributed by atoms with Crippen molar-refractivity contribution >= 4 is 46.8 Å². The van der Waals surface area contributed by atoms with E-state index >= 15 is 0 Å². The number of nitrogens with zero attached hydrogens (tertiary/aromatic N) is 3. The number of hydrogen-bond acceptors (Lipinski definition) is 5. The van der Waals surface area contributed by atoms with Crippen molar-refractivity contribution in [3.8, 4) is 0 Å². The quantitative estimate of drug-likeness (QED) is 0.346. The van der Waals surface area contributed by atoms with Crippen LogP contribution in [0, 0.1) is 11.8 Å². The average Bonchev–Trinajstić information content (AvgIpc) is 3.55. The van der Waals surface area contributed by atoms with E-state index in [9.17, 15) is 19.5 Å². The van der Waals surface area contributed by atoms with Crippen LogP contribution in [0.2, 0.25) is 5.02 Å². The molecule has 3 fully saturated rings. The Kier molecular flexibility index (Phi) is 8.88. The first-order chi connectivity index (χ1) is 20.2. The topological polar surface area (TPSA) is 81.2 Å². The molecule has 0 saturated carbocycles. The van der Waals surface area contributed by atoms with Gasteiger partial charge in [-0.25, -0.2) is 0 Å². The number of amides is 3. The van der Waals surface area contributed by atoms with Crippen LogP contribution in [0.15, 0.2) is 79.9 Å². The monoisotopic (exact) mass is 607 g/mol. The molecule has 0 radical (unpaired) electrons. The van der Waals surface area contributed by atoms with Gasteiger partial charge in [-0.2, -0.15) is 0 Å². The summed E-state index contributed by atoms with van der Waals surface area (Å²) in [6.07, 6.45) is 5.06. The Balaban J connectivity index is 1.56. The van der Waals surface area contributed by atoms with Gasteiger partial charge in [0.1, 0.15) is 6.04 Å². The van der Waals surface area contributed by atoms with E-state index in [1.54, 1.807) is 56.8 Å². The Morgan fingerprint density at radius 3 is 2.43 bits per heavy atom. The van der Waals surface area contributed by atoms with Gasteiger partial charge in [0.15, 0.2) is 0 Å². The van der Waals surface area contributed by atoms with Gasteiger partial charge in [0, 0.05) is 37.5 Å². The summed E-state index contributed by atoms with van der Waals surface area (Å²) in [5, 5.41) is 10.1. The van der Waals surface area contributed by atoms with Crippen LogP contribution in [-0.2, 0) is 20.9 Å². The molecule has 2 aromatic rings. The van der Waals surface area contributed by atoms with Crippen molar-refractivity contribution in [2.24, 2.45) is 11.8 Å². The van der Waals surface area contributed by atoms with E-state index in [2.05, 4.69) is 20.1 Å². The van der Waals surface area contributed by atoms with Crippen LogP contribution in [0.5, 0.6) is 0 Å². The maximum atomic E-state index is 14.6. The van der Waals surface area contributed by atoms with Gasteiger partial charge in [0.2, 0.25) is 11.8 Å². The zero-order valence-electron chi connectivity index (χ0n) is 24.0. The average molecular weight is 608 g/mol. The number of aliphatic hydroxyl groups is 1. The first-order valence-corrected chi connectivity index (χ1v) is 15.6. The lowest BCUT2D eigenvalue weighted by molar-refractivity contribution is -0.145. The predicted molar refractivity (Wildman–Crippen MR) is 168 cm³/mol. The van der Waals surface area contributed by atoms with E-state index < -0.39 is 27.4 Å². The van der Waals surface area contributed by atoms with Crippen LogP contribution in [0.3, 0.4) is 0 Å². The summed E-state index contributed by atoms with van der Waals surface area (Å²) in [4.78, 5) is 48.5. The molecular formula is C33H38ClN3O4S. The molecule has 3 heterocycles. The number of rotatable bonds is 12. The number of anilines is 1. The number of aliphatic hydroxyl groups excluding tert-OH is 1. The van der Waals surface area contributed by atoms with Crippen molar-refractivity contribution in [2.45, 2.75) is 48.3 Å². The second kappa shape index (κ2) is 12.3. The summed E-state index contributed by atoms with van der Waals surface area (Å²) < 4.78 is -1.27. The molecule has 2 unspecified atom stereocenters. The fourth-order valence-corrected chi connectivity index (χ4v) is 9.79. The van der Waals surface area contributed by atoms with Gasteiger partial charge in [0.05, 0.1) is 27.3 Å². The molecule has 42 heavy (non-hydrogen) atoms. The van der Waals surface area contributed by atoms with E-state index in [0.717, 1.165) is 12.0 Å². The van der Waals surface area contributed by atoms with Crippen molar-refractivity contribution < 1.29 is 19.5 Å². The number of thioether (sulfide) groups is 1. The highest BCUT2D eigenvalue weighted by molar-refractivity contribution is 8.02. The summed E-state index contributed by atoms with van der Waals surface area (Å²) in [6.45, 7) is 10.9. The molecule has 5 rings (SSSR count). The maximum absolute atomic E-state index is 14.6. The van der Waals surface area contributed by atoms with Gasteiger partial charge < -0.3 is 19.8 Å². The van der Waals surface area contributed by atoms with Crippen LogP contribution >= 0.6 is 23.4 Å². The third-order valence-electron chi connectivity index (χ3n) is 8.93. The molecule has 7 nitrogen and oxygen atoms in total. The van der Waals surface area contributed by atoms with Crippen LogP contribution in [-0.4, -0.2) is 74.4 Å². The lowest BCUT2D eigenvalue weighted by Crippen LogP contribution is -2.55. The highest BCUT2D eigenvalue weighted by atomic mass is 35.5. The van der Waals surface area contributed by atoms with E-state index in [4.69, 9.17) is 11.6 Å². The van der Waals surface area contributed by atoms with Crippen LogP contribution in [0.25, 0.3) is 0 Å². The normalized spacial score (nSPS) is 27.5. The van der Waals surface area contributed by atoms with Crippen molar-refractivity contribution in [2.75, 3.05) is 31.1 Å². The molecule has 2 bridgehead atoms. The first kappa shape index (κ1) is 30.4. The number of carbonyl (C=O) groups is 3. The minimum atomic E-state index is -0.802. The number of fused-ring (bicyclic) bond motifs is 1. The van der Waals surface area contributed by atoms with Crippen LogP contribution < -0.4 is 4.90 Å². The van der Waals surface area contributed by atoms with Gasteiger partial charge in [-0.3, -0.25) is 14.4 Å². The van der Waals surface area contributed by atoms with Gasteiger partial charge in [-0.05, 0) is 43.9 Å². The summed E-state index contributed by atoms with van der Waals surface area (Å²) in [5.41, 5.74) is 1.55. The standard InChI is InChI=1S/C33H38ClN3O4S/c1-4-18-35(22-23-12-7-6-8-13-23)29(39)26-27-30(40)37(20-11-21-38)28(33(27)17-16-32(26,3)42-33)31(41)36(19-5-2)25-15-10-9-14-24(25)34/h4-10,12-15,26-28,38H,1-2,11,16-22H2,3H3/t26-,27-,28?,32+,33?/m0/s1. The molecule has 5 atom stereocenters. The summed E-state index contributed by atoms with van der Waals surface area (Å²) >= 11 is 8.19. The van der Waals surface area contributed by atoms with Crippen LogP contribution in [0.4, 0.5) is 5.69 Å². The zero-order chi connectivity index (χ0) is 30.1. The number of likely N-dealkylation sites (tertiary alicyclic amines) is 1. The van der Waals surface area contributed by atoms with Gasteiger partial charge in [-0.15, -0.1) is 24.9 Å². The van der Waals surface area contributed by atoms with Gasteiger partial charge in [0.25, 0.3) is 5.91 Å². The second-order valence-corrected chi connectivity index (χ2v) is 13.8. The zero-order valence-corrected chi connectivity index (χ0v) is 25.5. The van der Waals surface area contributed by atoms with E-state index in [1.165, 1.54) is 0 Å². The van der Waals surface area contributed by atoms with E-state index in [0.29, 0.717) is 36.6 Å².